The van der Waals surface area contributed by atoms with Crippen LogP contribution in [-0.2, 0) is 30.6 Å². The highest BCUT2D eigenvalue weighted by molar-refractivity contribution is 9.10. The first-order valence-corrected chi connectivity index (χ1v) is 13.4. The van der Waals surface area contributed by atoms with E-state index in [9.17, 15) is 29.4 Å². The summed E-state index contributed by atoms with van der Waals surface area (Å²) in [4.78, 5) is 59.8. The Hall–Kier alpha value is -3.57. The Balaban J connectivity index is 1.55. The number of nitrogens with one attached hydrogen (secondary N) is 1. The first kappa shape index (κ1) is 27.5. The molecule has 1 fully saturated rings. The number of oxime groups is 1. The first-order valence-electron chi connectivity index (χ1n) is 10.8. The van der Waals surface area contributed by atoms with Crippen molar-refractivity contribution in [2.75, 3.05) is 11.5 Å². The van der Waals surface area contributed by atoms with E-state index in [1.54, 1.807) is 23.0 Å². The van der Waals surface area contributed by atoms with Crippen LogP contribution in [0.5, 0.6) is 0 Å². The monoisotopic (exact) mass is 626 g/mol. The molecule has 0 bridgehead atoms. The van der Waals surface area contributed by atoms with Crippen molar-refractivity contribution in [3.63, 3.8) is 0 Å². The number of amides is 2. The second-order valence-electron chi connectivity index (χ2n) is 8.62. The molecule has 2 aromatic heterocycles. The number of carbonyl (C=O) groups is 4. The third-order valence-corrected chi connectivity index (χ3v) is 7.83. The van der Waals surface area contributed by atoms with Gasteiger partial charge in [0.25, 0.3) is 11.8 Å². The molecular formula is C21H21BrN7O7S2+. The summed E-state index contributed by atoms with van der Waals surface area (Å²) in [5.74, 6) is -4.04. The fraction of sp³-hybridized carbons (Fsp3) is 0.333. The molecule has 2 atom stereocenters. The Morgan fingerprint density at radius 2 is 2.13 bits per heavy atom. The number of nitrogen functional groups attached to an aromatic ring is 1. The maximum atomic E-state index is 13.1. The van der Waals surface area contributed by atoms with Crippen LogP contribution in [0.4, 0.5) is 5.13 Å². The van der Waals surface area contributed by atoms with E-state index < -0.39 is 46.5 Å². The first-order chi connectivity index (χ1) is 17.9. The summed E-state index contributed by atoms with van der Waals surface area (Å²) >= 11 is 5.46. The van der Waals surface area contributed by atoms with E-state index in [2.05, 4.69) is 35.8 Å². The number of carboxylic acids is 2. The highest BCUT2D eigenvalue weighted by atomic mass is 79.9. The molecule has 2 aromatic rings. The van der Waals surface area contributed by atoms with Crippen LogP contribution in [-0.4, -0.2) is 76.7 Å². The molecule has 2 aliphatic heterocycles. The van der Waals surface area contributed by atoms with E-state index in [0.29, 0.717) is 11.3 Å². The number of aliphatic carboxylic acids is 2. The molecule has 0 saturated carbocycles. The van der Waals surface area contributed by atoms with Crippen molar-refractivity contribution < 1.29 is 38.8 Å². The lowest BCUT2D eigenvalue weighted by Crippen LogP contribution is -2.71. The molecule has 2 amide bonds. The van der Waals surface area contributed by atoms with E-state index >= 15 is 0 Å². The zero-order valence-electron chi connectivity index (χ0n) is 19.8. The average molecular weight is 627 g/mol. The number of rotatable bonds is 9. The quantitative estimate of drug-likeness (QED) is 0.128. The lowest BCUT2D eigenvalue weighted by Gasteiger charge is -2.49. The van der Waals surface area contributed by atoms with Crippen molar-refractivity contribution >= 4 is 73.8 Å². The minimum Gasteiger partial charge on any atom is -0.478 e. The van der Waals surface area contributed by atoms with Crippen molar-refractivity contribution in [1.29, 1.82) is 0 Å². The third kappa shape index (κ3) is 5.48. The Labute approximate surface area is 231 Å². The molecule has 1 saturated heterocycles. The van der Waals surface area contributed by atoms with Crippen molar-refractivity contribution in [2.45, 2.75) is 37.4 Å². The summed E-state index contributed by atoms with van der Waals surface area (Å²) in [5, 5.41) is 24.7. The highest BCUT2D eigenvalue weighted by Crippen LogP contribution is 2.40. The second-order valence-corrected chi connectivity index (χ2v) is 11.4. The fourth-order valence-electron chi connectivity index (χ4n) is 3.54. The fourth-order valence-corrected chi connectivity index (χ4v) is 5.72. The van der Waals surface area contributed by atoms with Gasteiger partial charge in [-0.3, -0.25) is 14.5 Å². The SMILES string of the molecule is CC(C)(O/N=C(\C(=O)N[C@@H]1C(=O)N2C(C(=O)O)=C(C[n+]3cccc(Br)c3)CS[C@H]12)c1nsc(N)n1)C(=O)O. The molecule has 2 aliphatic rings. The number of carboxylic acid groups (broad SMARTS) is 2. The van der Waals surface area contributed by atoms with Crippen LogP contribution in [0, 0.1) is 0 Å². The number of nitrogens with zero attached hydrogens (tertiary/aromatic N) is 5. The summed E-state index contributed by atoms with van der Waals surface area (Å²) < 4.78 is 6.52. The summed E-state index contributed by atoms with van der Waals surface area (Å²) in [7, 11) is 0. The third-order valence-electron chi connectivity index (χ3n) is 5.48. The molecule has 4 rings (SSSR count). The number of thioether (sulfide) groups is 1. The maximum Gasteiger partial charge on any atom is 0.352 e. The van der Waals surface area contributed by atoms with Gasteiger partial charge in [0.1, 0.15) is 17.1 Å². The van der Waals surface area contributed by atoms with Gasteiger partial charge in [-0.05, 0) is 35.8 Å². The van der Waals surface area contributed by atoms with E-state index in [-0.39, 0.29) is 23.2 Å². The second kappa shape index (κ2) is 10.7. The number of aromatic nitrogens is 3. The van der Waals surface area contributed by atoms with Crippen LogP contribution in [0.15, 0.2) is 45.4 Å². The van der Waals surface area contributed by atoms with Gasteiger partial charge in [-0.2, -0.15) is 13.9 Å². The van der Waals surface area contributed by atoms with Gasteiger partial charge >= 0.3 is 11.9 Å². The molecule has 14 nitrogen and oxygen atoms in total. The molecular weight excluding hydrogens is 606 g/mol. The normalized spacial score (nSPS) is 19.5. The largest absolute Gasteiger partial charge is 0.478 e. The smallest absolute Gasteiger partial charge is 0.352 e. The average Bonchev–Trinajstić information content (AvgIpc) is 3.27. The van der Waals surface area contributed by atoms with Gasteiger partial charge in [-0.1, -0.05) is 5.16 Å². The zero-order chi connectivity index (χ0) is 27.8. The van der Waals surface area contributed by atoms with Gasteiger partial charge in [-0.25, -0.2) is 9.59 Å². The number of anilines is 1. The number of fused-ring (bicyclic) bond motifs is 1. The summed E-state index contributed by atoms with van der Waals surface area (Å²) in [6.07, 6.45) is 3.57. The highest BCUT2D eigenvalue weighted by Gasteiger charge is 2.55. The Morgan fingerprint density at radius 1 is 1.39 bits per heavy atom. The van der Waals surface area contributed by atoms with Crippen molar-refractivity contribution in [3.05, 3.63) is 46.1 Å². The Kier molecular flexibility index (Phi) is 7.70. The zero-order valence-corrected chi connectivity index (χ0v) is 23.0. The molecule has 0 aliphatic carbocycles. The maximum absolute atomic E-state index is 13.1. The number of hydrogen-bond donors (Lipinski definition) is 4. The Bertz CT molecular complexity index is 1390. The Morgan fingerprint density at radius 3 is 2.74 bits per heavy atom. The van der Waals surface area contributed by atoms with Crippen LogP contribution < -0.4 is 15.6 Å². The number of halogens is 1. The van der Waals surface area contributed by atoms with Gasteiger partial charge in [0.05, 0.1) is 4.47 Å². The van der Waals surface area contributed by atoms with Crippen LogP contribution in [0.2, 0.25) is 0 Å². The molecule has 0 spiro atoms. The number of nitrogens with two attached hydrogens (primary N) is 1. The van der Waals surface area contributed by atoms with E-state index in [1.165, 1.54) is 25.6 Å². The molecule has 0 aromatic carbocycles. The van der Waals surface area contributed by atoms with E-state index in [4.69, 9.17) is 10.6 Å². The molecule has 38 heavy (non-hydrogen) atoms. The van der Waals surface area contributed by atoms with Crippen molar-refractivity contribution in [2.24, 2.45) is 5.16 Å². The van der Waals surface area contributed by atoms with Gasteiger partial charge in [0.15, 0.2) is 24.1 Å². The summed E-state index contributed by atoms with van der Waals surface area (Å²) in [6.45, 7) is 2.71. The molecule has 0 radical (unpaired) electrons. The minimum absolute atomic E-state index is 0.0267. The number of pyridine rings is 1. The lowest BCUT2D eigenvalue weighted by atomic mass is 10.0. The molecule has 200 valence electrons. The summed E-state index contributed by atoms with van der Waals surface area (Å²) in [5.41, 5.74) is 3.75. The standard InChI is InChI=1S/C21H20BrN7O7S2/c1-21(2,19(34)35)36-26-11(14-25-20(23)38-27-14)15(30)24-12-16(31)29-13(18(32)33)9(8-37-17(12)29)6-28-5-3-4-10(22)7-28/h3-5,7,12,17H,6,8H2,1-2H3,(H4-,23,24,25,27,30,32,33,34,35)/p+1/b26-11-/t12-,17-/m1/s1. The van der Waals surface area contributed by atoms with Crippen LogP contribution in [0.3, 0.4) is 0 Å². The van der Waals surface area contributed by atoms with Crippen LogP contribution in [0.1, 0.15) is 19.7 Å². The van der Waals surface area contributed by atoms with Gasteiger partial charge in [0.2, 0.25) is 17.1 Å². The van der Waals surface area contributed by atoms with E-state index in [0.717, 1.165) is 20.9 Å². The topological polar surface area (TPSA) is 201 Å². The molecule has 4 heterocycles. The predicted octanol–water partition coefficient (Wildman–Crippen LogP) is 0.193. The van der Waals surface area contributed by atoms with E-state index in [1.807, 2.05) is 6.07 Å². The van der Waals surface area contributed by atoms with Gasteiger partial charge in [-0.15, -0.1) is 11.8 Å². The lowest BCUT2D eigenvalue weighted by molar-refractivity contribution is -0.689. The number of β-lactam (4-membered cyclic amide) rings is 1. The van der Waals surface area contributed by atoms with Gasteiger partial charge < -0.3 is 26.1 Å². The van der Waals surface area contributed by atoms with Crippen LogP contribution >= 0.6 is 39.2 Å². The molecule has 0 unspecified atom stereocenters. The van der Waals surface area contributed by atoms with Crippen LogP contribution in [0.25, 0.3) is 0 Å². The van der Waals surface area contributed by atoms with Gasteiger partial charge in [0, 0.05) is 28.9 Å². The van der Waals surface area contributed by atoms with Crippen molar-refractivity contribution in [3.8, 4) is 0 Å². The predicted molar refractivity (Wildman–Crippen MR) is 138 cm³/mol. The van der Waals surface area contributed by atoms with Crippen molar-refractivity contribution in [1.82, 2.24) is 19.6 Å². The number of carbonyl (C=O) groups excluding carboxylic acids is 2. The minimum atomic E-state index is -1.78. The number of hydrogen-bond acceptors (Lipinski definition) is 11. The molecule has 5 N–H and O–H groups in total. The molecule has 17 heteroatoms. The summed E-state index contributed by atoms with van der Waals surface area (Å²) in [6, 6.07) is 2.56.